The van der Waals surface area contributed by atoms with Crippen molar-refractivity contribution in [1.29, 1.82) is 0 Å². The summed E-state index contributed by atoms with van der Waals surface area (Å²) < 4.78 is 0. The highest BCUT2D eigenvalue weighted by atomic mass is 16.2. The van der Waals surface area contributed by atoms with Gasteiger partial charge in [0, 0.05) is 17.9 Å². The van der Waals surface area contributed by atoms with Crippen LogP contribution in [-0.4, -0.2) is 35.8 Å². The number of benzene rings is 2. The molecular weight excluding hydrogens is 338 g/mol. The minimum atomic E-state index is -0.279. The summed E-state index contributed by atoms with van der Waals surface area (Å²) in [5.41, 5.74) is 2.77. The minimum absolute atomic E-state index is 0.0250. The summed E-state index contributed by atoms with van der Waals surface area (Å²) in [6.07, 6.45) is 1.76. The largest absolute Gasteiger partial charge is 0.326 e. The molecule has 27 heavy (non-hydrogen) atoms. The van der Waals surface area contributed by atoms with Crippen molar-refractivity contribution in [2.24, 2.45) is 5.92 Å². The lowest BCUT2D eigenvalue weighted by molar-refractivity contribution is -0.125. The monoisotopic (exact) mass is 365 g/mol. The van der Waals surface area contributed by atoms with Crippen LogP contribution in [0.15, 0.2) is 54.6 Å². The number of anilines is 2. The number of para-hydroxylation sites is 1. The number of rotatable bonds is 5. The normalized spacial score (nSPS) is 18.5. The van der Waals surface area contributed by atoms with Gasteiger partial charge >= 0.3 is 0 Å². The average molecular weight is 365 g/mol. The molecule has 0 aromatic heterocycles. The van der Waals surface area contributed by atoms with Crippen molar-refractivity contribution < 1.29 is 9.59 Å². The van der Waals surface area contributed by atoms with Crippen LogP contribution in [0.3, 0.4) is 0 Å². The van der Waals surface area contributed by atoms with Crippen molar-refractivity contribution in [1.82, 2.24) is 4.90 Å². The third kappa shape index (κ3) is 5.17. The van der Waals surface area contributed by atoms with Crippen LogP contribution in [0.5, 0.6) is 0 Å². The number of hydrogen-bond donors (Lipinski definition) is 2. The van der Waals surface area contributed by atoms with Crippen molar-refractivity contribution in [3.8, 4) is 0 Å². The first-order chi connectivity index (χ1) is 13.0. The fourth-order valence-corrected chi connectivity index (χ4v) is 3.39. The molecule has 142 valence electrons. The number of carbonyl (C=O) groups excluding carboxylic acids is 2. The van der Waals surface area contributed by atoms with Crippen molar-refractivity contribution in [3.05, 3.63) is 60.2 Å². The van der Waals surface area contributed by atoms with Crippen LogP contribution in [0, 0.1) is 12.8 Å². The van der Waals surface area contributed by atoms with Gasteiger partial charge in [-0.3, -0.25) is 14.5 Å². The van der Waals surface area contributed by atoms with E-state index in [1.807, 2.05) is 68.4 Å². The molecule has 3 rings (SSSR count). The van der Waals surface area contributed by atoms with Crippen LogP contribution in [0.25, 0.3) is 0 Å². The Labute approximate surface area is 160 Å². The maximum absolute atomic E-state index is 12.6. The maximum atomic E-state index is 12.6. The predicted octanol–water partition coefficient (Wildman–Crippen LogP) is 3.67. The van der Waals surface area contributed by atoms with Crippen molar-refractivity contribution in [3.63, 3.8) is 0 Å². The smallest absolute Gasteiger partial charge is 0.241 e. The highest BCUT2D eigenvalue weighted by molar-refractivity contribution is 5.95. The number of nitrogens with zero attached hydrogens (tertiary/aromatic N) is 1. The number of likely N-dealkylation sites (tertiary alicyclic amines) is 1. The summed E-state index contributed by atoms with van der Waals surface area (Å²) >= 11 is 0. The fourth-order valence-electron chi connectivity index (χ4n) is 3.39. The van der Waals surface area contributed by atoms with Gasteiger partial charge in [-0.1, -0.05) is 35.9 Å². The van der Waals surface area contributed by atoms with Gasteiger partial charge in [0.2, 0.25) is 11.8 Å². The Morgan fingerprint density at radius 1 is 1.00 bits per heavy atom. The molecule has 2 aromatic carbocycles. The van der Waals surface area contributed by atoms with Crippen LogP contribution in [0.2, 0.25) is 0 Å². The van der Waals surface area contributed by atoms with E-state index in [1.165, 1.54) is 0 Å². The van der Waals surface area contributed by atoms with E-state index in [-0.39, 0.29) is 23.8 Å². The van der Waals surface area contributed by atoms with Crippen LogP contribution in [0.1, 0.15) is 25.3 Å². The zero-order chi connectivity index (χ0) is 19.2. The second-order valence-corrected chi connectivity index (χ2v) is 7.22. The summed E-state index contributed by atoms with van der Waals surface area (Å²) in [7, 11) is 0. The van der Waals surface area contributed by atoms with E-state index in [1.54, 1.807) is 0 Å². The number of amides is 2. The van der Waals surface area contributed by atoms with Gasteiger partial charge in [-0.2, -0.15) is 0 Å². The second kappa shape index (κ2) is 8.82. The minimum Gasteiger partial charge on any atom is -0.326 e. The molecule has 1 aliphatic heterocycles. The molecule has 1 aliphatic rings. The van der Waals surface area contributed by atoms with Gasteiger partial charge in [-0.05, 0) is 57.5 Å². The van der Waals surface area contributed by atoms with Crippen LogP contribution < -0.4 is 10.6 Å². The summed E-state index contributed by atoms with van der Waals surface area (Å²) in [4.78, 5) is 27.3. The van der Waals surface area contributed by atoms with Gasteiger partial charge in [0.1, 0.15) is 0 Å². The first-order valence-electron chi connectivity index (χ1n) is 9.50. The Morgan fingerprint density at radius 2 is 1.67 bits per heavy atom. The van der Waals surface area contributed by atoms with Crippen LogP contribution >= 0.6 is 0 Å². The van der Waals surface area contributed by atoms with E-state index in [0.29, 0.717) is 6.54 Å². The van der Waals surface area contributed by atoms with Gasteiger partial charge in [0.15, 0.2) is 0 Å². The Morgan fingerprint density at radius 3 is 2.37 bits per heavy atom. The molecule has 5 heteroatoms. The van der Waals surface area contributed by atoms with Crippen LogP contribution in [-0.2, 0) is 9.59 Å². The van der Waals surface area contributed by atoms with Crippen LogP contribution in [0.4, 0.5) is 11.4 Å². The van der Waals surface area contributed by atoms with Gasteiger partial charge in [-0.25, -0.2) is 0 Å². The molecule has 0 unspecified atom stereocenters. The molecule has 0 radical (unpaired) electrons. The number of carbonyl (C=O) groups is 2. The Bertz CT molecular complexity index is 774. The lowest BCUT2D eigenvalue weighted by Crippen LogP contribution is -2.49. The molecule has 0 saturated carbocycles. The molecule has 1 heterocycles. The summed E-state index contributed by atoms with van der Waals surface area (Å²) in [6, 6.07) is 17.0. The Hall–Kier alpha value is -2.66. The summed E-state index contributed by atoms with van der Waals surface area (Å²) in [5.74, 6) is -0.117. The Kier molecular flexibility index (Phi) is 6.24. The van der Waals surface area contributed by atoms with E-state index in [4.69, 9.17) is 0 Å². The molecule has 2 atom stereocenters. The summed E-state index contributed by atoms with van der Waals surface area (Å²) in [6.45, 7) is 5.35. The van der Waals surface area contributed by atoms with Gasteiger partial charge in [-0.15, -0.1) is 0 Å². The molecule has 1 fully saturated rings. The number of hydrogen-bond acceptors (Lipinski definition) is 3. The SMILES string of the molecule is Cc1ccc(NC(=O)[C@@H](C)N2CCC[C@@H](C(=O)Nc3ccccc3)C2)cc1. The average Bonchev–Trinajstić information content (AvgIpc) is 2.70. The van der Waals surface area contributed by atoms with Gasteiger partial charge in [0.05, 0.1) is 12.0 Å². The van der Waals surface area contributed by atoms with E-state index in [0.717, 1.165) is 36.3 Å². The number of piperidine rings is 1. The van der Waals surface area contributed by atoms with E-state index < -0.39 is 0 Å². The maximum Gasteiger partial charge on any atom is 0.241 e. The van der Waals surface area contributed by atoms with E-state index in [2.05, 4.69) is 15.5 Å². The van der Waals surface area contributed by atoms with Crippen molar-refractivity contribution in [2.45, 2.75) is 32.7 Å². The highest BCUT2D eigenvalue weighted by Gasteiger charge is 2.30. The molecule has 0 spiro atoms. The molecule has 0 aliphatic carbocycles. The third-order valence-corrected chi connectivity index (χ3v) is 5.11. The van der Waals surface area contributed by atoms with Gasteiger partial charge < -0.3 is 10.6 Å². The van der Waals surface area contributed by atoms with Crippen molar-refractivity contribution >= 4 is 23.2 Å². The standard InChI is InChI=1S/C22H27N3O2/c1-16-10-12-20(13-11-16)23-21(26)17(2)25-14-6-7-18(15-25)22(27)24-19-8-4-3-5-9-19/h3-5,8-13,17-18H,6-7,14-15H2,1-2H3,(H,23,26)(H,24,27)/t17-,18-/m1/s1. The lowest BCUT2D eigenvalue weighted by atomic mass is 9.95. The number of nitrogens with one attached hydrogen (secondary N) is 2. The lowest BCUT2D eigenvalue weighted by Gasteiger charge is -2.35. The topological polar surface area (TPSA) is 61.4 Å². The molecule has 5 nitrogen and oxygen atoms in total. The van der Waals surface area contributed by atoms with Gasteiger partial charge in [0.25, 0.3) is 0 Å². The fraction of sp³-hybridized carbons (Fsp3) is 0.364. The molecule has 0 bridgehead atoms. The number of aryl methyl sites for hydroxylation is 1. The zero-order valence-corrected chi connectivity index (χ0v) is 15.9. The highest BCUT2D eigenvalue weighted by Crippen LogP contribution is 2.21. The quantitative estimate of drug-likeness (QED) is 0.850. The van der Waals surface area contributed by atoms with E-state index >= 15 is 0 Å². The molecular formula is C22H27N3O2. The first-order valence-corrected chi connectivity index (χ1v) is 9.50. The van der Waals surface area contributed by atoms with E-state index in [9.17, 15) is 9.59 Å². The molecule has 2 amide bonds. The van der Waals surface area contributed by atoms with Crippen molar-refractivity contribution in [2.75, 3.05) is 23.7 Å². The molecule has 1 saturated heterocycles. The Balaban J connectivity index is 1.57. The second-order valence-electron chi connectivity index (χ2n) is 7.22. The predicted molar refractivity (Wildman–Crippen MR) is 109 cm³/mol. The zero-order valence-electron chi connectivity index (χ0n) is 15.9. The first kappa shape index (κ1) is 19.1. The molecule has 2 aromatic rings. The summed E-state index contributed by atoms with van der Waals surface area (Å²) in [5, 5.41) is 5.95. The third-order valence-electron chi connectivity index (χ3n) is 5.11. The molecule has 2 N–H and O–H groups in total.